The van der Waals surface area contributed by atoms with Crippen LogP contribution in [0.25, 0.3) is 0 Å². The van der Waals surface area contributed by atoms with E-state index in [1.165, 1.54) is 0 Å². The molecule has 1 N–H and O–H groups in total. The Morgan fingerprint density at radius 1 is 1.33 bits per heavy atom. The van der Waals surface area contributed by atoms with E-state index in [4.69, 9.17) is 4.74 Å². The van der Waals surface area contributed by atoms with Gasteiger partial charge < -0.3 is 15.0 Å². The highest BCUT2D eigenvalue weighted by Crippen LogP contribution is 2.17. The molecule has 0 amide bonds. The average Bonchev–Trinajstić information content (AvgIpc) is 2.73. The van der Waals surface area contributed by atoms with Crippen molar-refractivity contribution in [2.45, 2.75) is 19.4 Å². The summed E-state index contributed by atoms with van der Waals surface area (Å²) in [5.41, 5.74) is -0.271. The van der Waals surface area contributed by atoms with E-state index in [1.54, 1.807) is 0 Å². The van der Waals surface area contributed by atoms with E-state index in [2.05, 4.69) is 29.1 Å². The Morgan fingerprint density at radius 2 is 2.06 bits per heavy atom. The number of nitrogens with zero attached hydrogens (tertiary/aromatic N) is 2. The number of hydrogen-bond donors (Lipinski definition) is 1. The van der Waals surface area contributed by atoms with Crippen molar-refractivity contribution in [2.24, 2.45) is 4.99 Å². The molecule has 0 aromatic heterocycles. The van der Waals surface area contributed by atoms with Crippen LogP contribution in [0.3, 0.4) is 0 Å². The molecule has 0 atom stereocenters. The molecule has 0 saturated carbocycles. The fourth-order valence-corrected chi connectivity index (χ4v) is 1.86. The number of guanidine groups is 1. The monoisotopic (exact) mass is 247 g/mol. The second-order valence-corrected chi connectivity index (χ2v) is 5.16. The minimum absolute atomic E-state index is 0.271. The van der Waals surface area contributed by atoms with Crippen LogP contribution in [0.15, 0.2) is 35.3 Å². The number of ether oxygens (including phenoxy) is 1. The van der Waals surface area contributed by atoms with Crippen LogP contribution in [0.5, 0.6) is 5.75 Å². The number of nitrogens with one attached hydrogen (secondary N) is 1. The largest absolute Gasteiger partial charge is 0.486 e. The fourth-order valence-electron chi connectivity index (χ4n) is 1.86. The zero-order valence-corrected chi connectivity index (χ0v) is 11.3. The highest BCUT2D eigenvalue weighted by molar-refractivity contribution is 5.81. The fraction of sp³-hybridized carbons (Fsp3) is 0.500. The van der Waals surface area contributed by atoms with Gasteiger partial charge in [-0.1, -0.05) is 18.2 Å². The van der Waals surface area contributed by atoms with Crippen LogP contribution >= 0.6 is 0 Å². The Bertz CT molecular complexity index is 414. The van der Waals surface area contributed by atoms with Crippen LogP contribution in [0.4, 0.5) is 0 Å². The van der Waals surface area contributed by atoms with Crippen molar-refractivity contribution in [1.29, 1.82) is 0 Å². The molecule has 0 radical (unpaired) electrons. The first-order valence-corrected chi connectivity index (χ1v) is 6.30. The van der Waals surface area contributed by atoms with Gasteiger partial charge in [0.2, 0.25) is 0 Å². The maximum Gasteiger partial charge on any atom is 0.193 e. The van der Waals surface area contributed by atoms with Crippen LogP contribution in [-0.2, 0) is 0 Å². The minimum Gasteiger partial charge on any atom is -0.486 e. The van der Waals surface area contributed by atoms with E-state index in [0.717, 1.165) is 31.3 Å². The summed E-state index contributed by atoms with van der Waals surface area (Å²) < 4.78 is 5.96. The van der Waals surface area contributed by atoms with Gasteiger partial charge in [0.15, 0.2) is 5.96 Å². The Kier molecular flexibility index (Phi) is 3.75. The van der Waals surface area contributed by atoms with Crippen LogP contribution in [0.1, 0.15) is 13.8 Å². The molecule has 18 heavy (non-hydrogen) atoms. The molecule has 1 heterocycles. The molecule has 4 nitrogen and oxygen atoms in total. The topological polar surface area (TPSA) is 36.9 Å². The lowest BCUT2D eigenvalue weighted by Crippen LogP contribution is -2.46. The van der Waals surface area contributed by atoms with E-state index >= 15 is 0 Å². The summed E-state index contributed by atoms with van der Waals surface area (Å²) >= 11 is 0. The molecule has 1 aromatic carbocycles. The summed E-state index contributed by atoms with van der Waals surface area (Å²) in [6.45, 7) is 6.73. The molecule has 0 unspecified atom stereocenters. The maximum absolute atomic E-state index is 5.96. The van der Waals surface area contributed by atoms with Crippen molar-refractivity contribution in [3.05, 3.63) is 30.3 Å². The van der Waals surface area contributed by atoms with E-state index in [0.29, 0.717) is 0 Å². The predicted molar refractivity (Wildman–Crippen MR) is 74.1 cm³/mol. The predicted octanol–water partition coefficient (Wildman–Crippen LogP) is 1.73. The zero-order chi connectivity index (χ0) is 13.0. The van der Waals surface area contributed by atoms with Gasteiger partial charge in [-0.15, -0.1) is 0 Å². The van der Waals surface area contributed by atoms with Crippen molar-refractivity contribution in [2.75, 3.05) is 26.7 Å². The molecular weight excluding hydrogens is 226 g/mol. The van der Waals surface area contributed by atoms with Crippen LogP contribution in [-0.4, -0.2) is 43.1 Å². The van der Waals surface area contributed by atoms with Gasteiger partial charge >= 0.3 is 0 Å². The molecule has 1 aliphatic heterocycles. The number of para-hydroxylation sites is 1. The second-order valence-electron chi connectivity index (χ2n) is 5.16. The SMILES string of the molecule is CN1CCN=C1NCC(C)(C)Oc1ccccc1. The van der Waals surface area contributed by atoms with Gasteiger partial charge in [-0.2, -0.15) is 0 Å². The molecule has 0 fully saturated rings. The molecule has 98 valence electrons. The van der Waals surface area contributed by atoms with Gasteiger partial charge in [-0.3, -0.25) is 4.99 Å². The van der Waals surface area contributed by atoms with E-state index in [1.807, 2.05) is 37.4 Å². The standard InChI is InChI=1S/C14H21N3O/c1-14(2,18-12-7-5-4-6-8-12)11-16-13-15-9-10-17(13)3/h4-8H,9-11H2,1-3H3,(H,15,16). The minimum atomic E-state index is -0.271. The van der Waals surface area contributed by atoms with Crippen molar-refractivity contribution in [3.63, 3.8) is 0 Å². The average molecular weight is 247 g/mol. The number of hydrogen-bond acceptors (Lipinski definition) is 4. The lowest BCUT2D eigenvalue weighted by molar-refractivity contribution is 0.113. The summed E-state index contributed by atoms with van der Waals surface area (Å²) in [5.74, 6) is 1.85. The maximum atomic E-state index is 5.96. The van der Waals surface area contributed by atoms with Crippen molar-refractivity contribution < 1.29 is 4.74 Å². The van der Waals surface area contributed by atoms with Gasteiger partial charge in [0.25, 0.3) is 0 Å². The quantitative estimate of drug-likeness (QED) is 0.880. The summed E-state index contributed by atoms with van der Waals surface area (Å²) in [5, 5.41) is 3.34. The van der Waals surface area contributed by atoms with E-state index in [-0.39, 0.29) is 5.60 Å². The highest BCUT2D eigenvalue weighted by atomic mass is 16.5. The molecule has 1 aromatic rings. The van der Waals surface area contributed by atoms with Crippen molar-refractivity contribution in [1.82, 2.24) is 10.2 Å². The summed E-state index contributed by atoms with van der Waals surface area (Å²) in [6.07, 6.45) is 0. The van der Waals surface area contributed by atoms with Crippen molar-refractivity contribution in [3.8, 4) is 5.75 Å². The Balaban J connectivity index is 1.87. The summed E-state index contributed by atoms with van der Waals surface area (Å²) in [7, 11) is 2.05. The Morgan fingerprint density at radius 3 is 2.67 bits per heavy atom. The van der Waals surface area contributed by atoms with Gasteiger partial charge in [-0.05, 0) is 26.0 Å². The molecule has 0 bridgehead atoms. The molecule has 0 spiro atoms. The third kappa shape index (κ3) is 3.39. The normalized spacial score (nSPS) is 15.5. The Hall–Kier alpha value is -1.71. The molecular formula is C14H21N3O. The summed E-state index contributed by atoms with van der Waals surface area (Å²) in [4.78, 5) is 6.53. The number of rotatable bonds is 4. The van der Waals surface area contributed by atoms with E-state index in [9.17, 15) is 0 Å². The third-order valence-electron chi connectivity index (χ3n) is 2.87. The zero-order valence-electron chi connectivity index (χ0n) is 11.3. The van der Waals surface area contributed by atoms with Gasteiger partial charge in [-0.25, -0.2) is 0 Å². The number of likely N-dealkylation sites (N-methyl/N-ethyl adjacent to an activating group) is 1. The number of benzene rings is 1. The van der Waals surface area contributed by atoms with Crippen LogP contribution in [0, 0.1) is 0 Å². The molecule has 0 aliphatic carbocycles. The summed E-state index contributed by atoms with van der Waals surface area (Å²) in [6, 6.07) is 9.89. The first-order chi connectivity index (χ1) is 8.57. The van der Waals surface area contributed by atoms with E-state index < -0.39 is 0 Å². The first-order valence-electron chi connectivity index (χ1n) is 6.30. The highest BCUT2D eigenvalue weighted by Gasteiger charge is 2.22. The smallest absolute Gasteiger partial charge is 0.193 e. The van der Waals surface area contributed by atoms with Gasteiger partial charge in [0, 0.05) is 13.6 Å². The lowest BCUT2D eigenvalue weighted by atomic mass is 10.1. The molecule has 1 aliphatic rings. The molecule has 2 rings (SSSR count). The number of aliphatic imine (C=N–C) groups is 1. The molecule has 4 heteroatoms. The first kappa shape index (κ1) is 12.7. The second kappa shape index (κ2) is 5.29. The van der Waals surface area contributed by atoms with Crippen LogP contribution in [0.2, 0.25) is 0 Å². The lowest BCUT2D eigenvalue weighted by Gasteiger charge is -2.28. The molecule has 0 saturated heterocycles. The Labute approximate surface area is 109 Å². The van der Waals surface area contributed by atoms with Crippen LogP contribution < -0.4 is 10.1 Å². The van der Waals surface area contributed by atoms with Crippen molar-refractivity contribution >= 4 is 5.96 Å². The third-order valence-corrected chi connectivity index (χ3v) is 2.87. The van der Waals surface area contributed by atoms with Gasteiger partial charge in [0.1, 0.15) is 11.4 Å². The van der Waals surface area contributed by atoms with Gasteiger partial charge in [0.05, 0.1) is 13.1 Å².